The lowest BCUT2D eigenvalue weighted by atomic mass is 10.6. The largest absolute Gasteiger partial charge is 0.432 e. The van der Waals surface area contributed by atoms with E-state index in [1.807, 2.05) is 0 Å². The lowest BCUT2D eigenvalue weighted by Gasteiger charge is -1.91. The van der Waals surface area contributed by atoms with E-state index >= 15 is 0 Å². The van der Waals surface area contributed by atoms with Gasteiger partial charge in [-0.15, -0.1) is 0 Å². The van der Waals surface area contributed by atoms with Gasteiger partial charge in [0.2, 0.25) is 0 Å². The zero-order valence-corrected chi connectivity index (χ0v) is 5.90. The molecular formula is C4H6NO4P. The number of furan rings is 1. The minimum atomic E-state index is -2.97. The molecule has 0 fully saturated rings. The molecule has 0 spiro atoms. The number of hydrogen-bond acceptors (Lipinski definition) is 4. The average Bonchev–Trinajstić information content (AvgIpc) is 2.13. The molecule has 6 heteroatoms. The Morgan fingerprint density at radius 1 is 1.80 bits per heavy atom. The van der Waals surface area contributed by atoms with E-state index in [0.29, 0.717) is 5.69 Å². The second-order valence-electron chi connectivity index (χ2n) is 1.57. The molecule has 0 aromatic carbocycles. The zero-order chi connectivity index (χ0) is 7.56. The molecule has 1 unspecified atom stereocenters. The SMILES string of the molecule is Nc1coc(O[PH](=O)O)c1. The lowest BCUT2D eigenvalue weighted by Crippen LogP contribution is -1.77. The van der Waals surface area contributed by atoms with Crippen molar-refractivity contribution in [3.63, 3.8) is 0 Å². The molecule has 1 aromatic rings. The summed E-state index contributed by atoms with van der Waals surface area (Å²) in [7, 11) is -2.97. The van der Waals surface area contributed by atoms with Gasteiger partial charge < -0.3 is 19.6 Å². The van der Waals surface area contributed by atoms with Crippen LogP contribution in [0.15, 0.2) is 16.7 Å². The average molecular weight is 163 g/mol. The smallest absolute Gasteiger partial charge is 0.367 e. The molecule has 5 nitrogen and oxygen atoms in total. The van der Waals surface area contributed by atoms with Crippen molar-refractivity contribution in [1.29, 1.82) is 0 Å². The highest BCUT2D eigenvalue weighted by molar-refractivity contribution is 7.32. The minimum Gasteiger partial charge on any atom is -0.432 e. The van der Waals surface area contributed by atoms with Crippen LogP contribution in [-0.2, 0) is 4.57 Å². The summed E-state index contributed by atoms with van der Waals surface area (Å²) in [5.41, 5.74) is 5.57. The molecule has 0 saturated heterocycles. The fourth-order valence-electron chi connectivity index (χ4n) is 0.470. The Hall–Kier alpha value is -0.930. The maximum absolute atomic E-state index is 10.0. The van der Waals surface area contributed by atoms with Gasteiger partial charge in [0.15, 0.2) is 0 Å². The van der Waals surface area contributed by atoms with Crippen molar-refractivity contribution in [1.82, 2.24) is 0 Å². The molecule has 1 heterocycles. The van der Waals surface area contributed by atoms with Crippen molar-refractivity contribution in [2.45, 2.75) is 0 Å². The van der Waals surface area contributed by atoms with Gasteiger partial charge >= 0.3 is 8.25 Å². The molecule has 0 aliphatic rings. The summed E-state index contributed by atoms with van der Waals surface area (Å²) in [4.78, 5) is 8.24. The first-order chi connectivity index (χ1) is 4.68. The number of nitrogen functional groups attached to an aromatic ring is 1. The van der Waals surface area contributed by atoms with E-state index < -0.39 is 8.25 Å². The summed E-state index contributed by atoms with van der Waals surface area (Å²) in [5, 5.41) is 0. The molecule has 1 aromatic heterocycles. The third-order valence-corrected chi connectivity index (χ3v) is 1.16. The topological polar surface area (TPSA) is 85.7 Å². The van der Waals surface area contributed by atoms with Gasteiger partial charge in [-0.25, -0.2) is 4.57 Å². The minimum absolute atomic E-state index is 0.0381. The van der Waals surface area contributed by atoms with Gasteiger partial charge in [0, 0.05) is 6.07 Å². The lowest BCUT2D eigenvalue weighted by molar-refractivity contribution is 0.347. The first-order valence-electron chi connectivity index (χ1n) is 2.43. The van der Waals surface area contributed by atoms with Gasteiger partial charge in [0.25, 0.3) is 5.95 Å². The van der Waals surface area contributed by atoms with Crippen LogP contribution in [0, 0.1) is 0 Å². The van der Waals surface area contributed by atoms with E-state index in [1.165, 1.54) is 12.3 Å². The van der Waals surface area contributed by atoms with Gasteiger partial charge in [-0.1, -0.05) is 0 Å². The van der Waals surface area contributed by atoms with Crippen molar-refractivity contribution < 1.29 is 18.4 Å². The Morgan fingerprint density at radius 3 is 2.90 bits per heavy atom. The molecule has 0 bridgehead atoms. The summed E-state index contributed by atoms with van der Waals surface area (Å²) in [6.45, 7) is 0. The molecule has 1 atom stereocenters. The van der Waals surface area contributed by atoms with Crippen LogP contribution in [-0.4, -0.2) is 4.89 Å². The van der Waals surface area contributed by atoms with E-state index in [-0.39, 0.29) is 5.95 Å². The maximum atomic E-state index is 10.0. The normalized spacial score (nSPS) is 12.9. The van der Waals surface area contributed by atoms with Crippen molar-refractivity contribution in [2.75, 3.05) is 5.73 Å². The summed E-state index contributed by atoms with van der Waals surface area (Å²) in [5.74, 6) is -0.0381. The van der Waals surface area contributed by atoms with Crippen LogP contribution in [0.5, 0.6) is 5.95 Å². The summed E-state index contributed by atoms with van der Waals surface area (Å²) in [6, 6.07) is 1.32. The monoisotopic (exact) mass is 163 g/mol. The predicted molar refractivity (Wildman–Crippen MR) is 35.0 cm³/mol. The molecule has 0 amide bonds. The quantitative estimate of drug-likeness (QED) is 0.624. The van der Waals surface area contributed by atoms with Crippen LogP contribution in [0.3, 0.4) is 0 Å². The zero-order valence-electron chi connectivity index (χ0n) is 4.90. The van der Waals surface area contributed by atoms with Crippen LogP contribution >= 0.6 is 8.25 Å². The summed E-state index contributed by atoms with van der Waals surface area (Å²) in [6.07, 6.45) is 1.22. The second-order valence-corrected chi connectivity index (χ2v) is 2.30. The standard InChI is InChI=1S/C4H6NO4P/c5-3-1-4(8-2-3)9-10(6)7/h1-2,10H,5H2,(H,6,7). The van der Waals surface area contributed by atoms with E-state index in [1.54, 1.807) is 0 Å². The first-order valence-corrected chi connectivity index (χ1v) is 3.69. The maximum Gasteiger partial charge on any atom is 0.367 e. The van der Waals surface area contributed by atoms with Crippen LogP contribution in [0.25, 0.3) is 0 Å². The van der Waals surface area contributed by atoms with E-state index in [4.69, 9.17) is 10.6 Å². The van der Waals surface area contributed by atoms with Crippen LogP contribution < -0.4 is 10.3 Å². The fraction of sp³-hybridized carbons (Fsp3) is 0. The third-order valence-electron chi connectivity index (χ3n) is 0.784. The van der Waals surface area contributed by atoms with E-state index in [9.17, 15) is 4.57 Å². The van der Waals surface area contributed by atoms with Gasteiger partial charge in [-0.3, -0.25) is 0 Å². The third kappa shape index (κ3) is 1.79. The summed E-state index contributed by atoms with van der Waals surface area (Å²) >= 11 is 0. The Kier molecular flexibility index (Phi) is 1.99. The molecule has 56 valence electrons. The highest BCUT2D eigenvalue weighted by Crippen LogP contribution is 2.25. The van der Waals surface area contributed by atoms with Crippen molar-refractivity contribution in [2.24, 2.45) is 0 Å². The highest BCUT2D eigenvalue weighted by Gasteiger charge is 2.00. The van der Waals surface area contributed by atoms with E-state index in [0.717, 1.165) is 0 Å². The number of nitrogens with two attached hydrogens (primary N) is 1. The van der Waals surface area contributed by atoms with Crippen molar-refractivity contribution in [3.8, 4) is 5.95 Å². The Bertz CT molecular complexity index is 245. The highest BCUT2D eigenvalue weighted by atomic mass is 31.1. The molecule has 3 N–H and O–H groups in total. The molecule has 0 saturated carbocycles. The van der Waals surface area contributed by atoms with Gasteiger partial charge in [-0.05, 0) is 0 Å². The molecule has 10 heavy (non-hydrogen) atoms. The van der Waals surface area contributed by atoms with Crippen LogP contribution in [0.2, 0.25) is 0 Å². The molecular weight excluding hydrogens is 157 g/mol. The Balaban J connectivity index is 2.67. The Morgan fingerprint density at radius 2 is 2.50 bits per heavy atom. The second kappa shape index (κ2) is 2.77. The van der Waals surface area contributed by atoms with Crippen molar-refractivity contribution >= 4 is 13.9 Å². The van der Waals surface area contributed by atoms with E-state index in [2.05, 4.69) is 8.94 Å². The van der Waals surface area contributed by atoms with Crippen LogP contribution in [0.4, 0.5) is 5.69 Å². The predicted octanol–water partition coefficient (Wildman–Crippen LogP) is 0.623. The molecule has 0 aliphatic carbocycles. The molecule has 0 aliphatic heterocycles. The van der Waals surface area contributed by atoms with Gasteiger partial charge in [0.05, 0.1) is 5.69 Å². The Labute approximate surface area is 57.4 Å². The molecule has 1 rings (SSSR count). The molecule has 0 radical (unpaired) electrons. The van der Waals surface area contributed by atoms with Crippen molar-refractivity contribution in [3.05, 3.63) is 12.3 Å². The van der Waals surface area contributed by atoms with Gasteiger partial charge in [-0.2, -0.15) is 0 Å². The fourth-order valence-corrected chi connectivity index (χ4v) is 0.749. The number of hydrogen-bond donors (Lipinski definition) is 2. The number of rotatable bonds is 2. The van der Waals surface area contributed by atoms with Crippen LogP contribution in [0.1, 0.15) is 0 Å². The first kappa shape index (κ1) is 7.18. The number of anilines is 1. The summed E-state index contributed by atoms with van der Waals surface area (Å²) < 4.78 is 18.9. The van der Waals surface area contributed by atoms with Gasteiger partial charge in [0.1, 0.15) is 6.26 Å².